The summed E-state index contributed by atoms with van der Waals surface area (Å²) in [4.78, 5) is 11.5. The first kappa shape index (κ1) is 14.2. The number of amides is 1. The number of rotatable bonds is 5. The van der Waals surface area contributed by atoms with Gasteiger partial charge in [-0.25, -0.2) is 8.42 Å². The number of carbonyl (C=O) groups is 1. The quantitative estimate of drug-likeness (QED) is 0.760. The van der Waals surface area contributed by atoms with Gasteiger partial charge in [-0.1, -0.05) is 12.5 Å². The van der Waals surface area contributed by atoms with Crippen LogP contribution in [0.4, 0.5) is 0 Å². The Kier molecular flexibility index (Phi) is 5.18. The van der Waals surface area contributed by atoms with E-state index < -0.39 is 9.84 Å². The van der Waals surface area contributed by atoms with Gasteiger partial charge in [0.15, 0.2) is 0 Å². The highest BCUT2D eigenvalue weighted by Gasteiger charge is 2.29. The minimum absolute atomic E-state index is 0.0101. The van der Waals surface area contributed by atoms with Gasteiger partial charge < -0.3 is 5.32 Å². The molecule has 0 aliphatic heterocycles. The second-order valence-electron chi connectivity index (χ2n) is 4.71. The third-order valence-corrected chi connectivity index (χ3v) is 4.81. The van der Waals surface area contributed by atoms with Crippen LogP contribution in [0.5, 0.6) is 0 Å². The summed E-state index contributed by atoms with van der Waals surface area (Å²) in [6.45, 7) is 3.56. The van der Waals surface area contributed by atoms with Gasteiger partial charge >= 0.3 is 0 Å². The monoisotopic (exact) mass is 259 g/mol. The lowest BCUT2D eigenvalue weighted by Gasteiger charge is -2.28. The zero-order valence-corrected chi connectivity index (χ0v) is 11.1. The van der Waals surface area contributed by atoms with E-state index in [0.717, 1.165) is 19.3 Å². The van der Waals surface area contributed by atoms with Crippen LogP contribution >= 0.6 is 0 Å². The minimum atomic E-state index is -2.98. The van der Waals surface area contributed by atoms with Gasteiger partial charge in [0.1, 0.15) is 9.84 Å². The number of carbonyl (C=O) groups excluding carboxylic acids is 1. The van der Waals surface area contributed by atoms with Crippen LogP contribution in [-0.4, -0.2) is 31.9 Å². The average molecular weight is 259 g/mol. The molecule has 17 heavy (non-hydrogen) atoms. The standard InChI is InChI=1S/C12H21NO3S/c1-3-4-8-12(14)13-10-6-5-7-11(9-10)17(2,15)16/h3,10-11H,1,4-9H2,2H3,(H,13,14). The maximum Gasteiger partial charge on any atom is 0.220 e. The maximum absolute atomic E-state index is 11.5. The van der Waals surface area contributed by atoms with Gasteiger partial charge in [0.05, 0.1) is 5.25 Å². The molecule has 5 heteroatoms. The smallest absolute Gasteiger partial charge is 0.220 e. The Balaban J connectivity index is 2.45. The van der Waals surface area contributed by atoms with Crippen molar-refractivity contribution in [1.82, 2.24) is 5.32 Å². The van der Waals surface area contributed by atoms with Crippen LogP contribution in [0.25, 0.3) is 0 Å². The van der Waals surface area contributed by atoms with Crippen molar-refractivity contribution in [3.05, 3.63) is 12.7 Å². The van der Waals surface area contributed by atoms with Crippen LogP contribution in [0.3, 0.4) is 0 Å². The highest BCUT2D eigenvalue weighted by atomic mass is 32.2. The summed E-state index contributed by atoms with van der Waals surface area (Å²) in [6.07, 6.45) is 7.10. The van der Waals surface area contributed by atoms with E-state index in [2.05, 4.69) is 11.9 Å². The predicted octanol–water partition coefficient (Wildman–Crippen LogP) is 1.42. The van der Waals surface area contributed by atoms with Crippen molar-refractivity contribution >= 4 is 15.7 Å². The fourth-order valence-corrected chi connectivity index (χ4v) is 3.37. The first-order chi connectivity index (χ1) is 7.93. The SMILES string of the molecule is C=CCCC(=O)NC1CCCC(S(C)(=O)=O)C1. The second-order valence-corrected chi connectivity index (χ2v) is 7.04. The van der Waals surface area contributed by atoms with Crippen LogP contribution < -0.4 is 5.32 Å². The van der Waals surface area contributed by atoms with Crippen molar-refractivity contribution in [3.8, 4) is 0 Å². The normalized spacial score (nSPS) is 25.2. The van der Waals surface area contributed by atoms with Crippen LogP contribution in [0.15, 0.2) is 12.7 Å². The first-order valence-electron chi connectivity index (χ1n) is 6.02. The van der Waals surface area contributed by atoms with Crippen molar-refractivity contribution in [2.75, 3.05) is 6.26 Å². The minimum Gasteiger partial charge on any atom is -0.353 e. The van der Waals surface area contributed by atoms with E-state index in [1.165, 1.54) is 6.26 Å². The van der Waals surface area contributed by atoms with Crippen LogP contribution in [0.1, 0.15) is 38.5 Å². The molecule has 1 fully saturated rings. The summed E-state index contributed by atoms with van der Waals surface area (Å²) in [7, 11) is -2.98. The Morgan fingerprint density at radius 1 is 1.47 bits per heavy atom. The average Bonchev–Trinajstić information content (AvgIpc) is 2.25. The molecule has 0 bridgehead atoms. The van der Waals surface area contributed by atoms with Gasteiger partial charge in [0, 0.05) is 18.7 Å². The highest BCUT2D eigenvalue weighted by Crippen LogP contribution is 2.23. The first-order valence-corrected chi connectivity index (χ1v) is 7.98. The van der Waals surface area contributed by atoms with Crippen molar-refractivity contribution in [2.24, 2.45) is 0 Å². The molecule has 0 aromatic carbocycles. The summed E-state index contributed by atoms with van der Waals surface area (Å²) in [5, 5.41) is 2.61. The Morgan fingerprint density at radius 2 is 2.18 bits per heavy atom. The molecule has 1 saturated carbocycles. The fraction of sp³-hybridized carbons (Fsp3) is 0.750. The molecule has 0 aromatic heterocycles. The fourth-order valence-electron chi connectivity index (χ4n) is 2.20. The molecule has 1 aliphatic rings. The molecular formula is C12H21NO3S. The number of hydrogen-bond acceptors (Lipinski definition) is 3. The molecule has 0 heterocycles. The molecular weight excluding hydrogens is 238 g/mol. The van der Waals surface area contributed by atoms with Gasteiger partial charge in [0.2, 0.25) is 5.91 Å². The zero-order valence-electron chi connectivity index (χ0n) is 10.3. The molecule has 0 aromatic rings. The molecule has 0 radical (unpaired) electrons. The van der Waals surface area contributed by atoms with Crippen molar-refractivity contribution in [2.45, 2.75) is 49.8 Å². The van der Waals surface area contributed by atoms with Gasteiger partial charge in [-0.15, -0.1) is 6.58 Å². The molecule has 2 unspecified atom stereocenters. The Hall–Kier alpha value is -0.840. The third-order valence-electron chi connectivity index (χ3n) is 3.17. The van der Waals surface area contributed by atoms with E-state index in [9.17, 15) is 13.2 Å². The van der Waals surface area contributed by atoms with Crippen LogP contribution in [0.2, 0.25) is 0 Å². The highest BCUT2D eigenvalue weighted by molar-refractivity contribution is 7.91. The van der Waals surface area contributed by atoms with E-state index in [0.29, 0.717) is 19.3 Å². The number of nitrogens with one attached hydrogen (secondary N) is 1. The third kappa shape index (κ3) is 4.89. The predicted molar refractivity (Wildman–Crippen MR) is 68.5 cm³/mol. The van der Waals surface area contributed by atoms with Crippen molar-refractivity contribution < 1.29 is 13.2 Å². The van der Waals surface area contributed by atoms with E-state index in [1.54, 1.807) is 6.08 Å². The number of allylic oxidation sites excluding steroid dienone is 1. The van der Waals surface area contributed by atoms with Gasteiger partial charge in [-0.2, -0.15) is 0 Å². The van der Waals surface area contributed by atoms with Gasteiger partial charge in [0.25, 0.3) is 0 Å². The van der Waals surface area contributed by atoms with Gasteiger partial charge in [-0.3, -0.25) is 4.79 Å². The van der Waals surface area contributed by atoms with E-state index >= 15 is 0 Å². The molecule has 98 valence electrons. The Morgan fingerprint density at radius 3 is 2.76 bits per heavy atom. The summed E-state index contributed by atoms with van der Waals surface area (Å²) in [5.41, 5.74) is 0. The Labute approximate surface area is 103 Å². The largest absolute Gasteiger partial charge is 0.353 e. The molecule has 1 amide bonds. The van der Waals surface area contributed by atoms with Crippen LogP contribution in [0, 0.1) is 0 Å². The van der Waals surface area contributed by atoms with Crippen molar-refractivity contribution in [3.63, 3.8) is 0 Å². The summed E-state index contributed by atoms with van der Waals surface area (Å²) >= 11 is 0. The summed E-state index contributed by atoms with van der Waals surface area (Å²) in [5.74, 6) is -0.0101. The summed E-state index contributed by atoms with van der Waals surface area (Å²) in [6, 6.07) is 0.0146. The topological polar surface area (TPSA) is 63.2 Å². The lowest BCUT2D eigenvalue weighted by molar-refractivity contribution is -0.121. The van der Waals surface area contributed by atoms with Crippen LogP contribution in [-0.2, 0) is 14.6 Å². The molecule has 0 spiro atoms. The van der Waals surface area contributed by atoms with Gasteiger partial charge in [-0.05, 0) is 25.7 Å². The zero-order chi connectivity index (χ0) is 12.9. The second kappa shape index (κ2) is 6.19. The van der Waals surface area contributed by atoms with E-state index in [4.69, 9.17) is 0 Å². The van der Waals surface area contributed by atoms with E-state index in [1.807, 2.05) is 0 Å². The molecule has 1 N–H and O–H groups in total. The lowest BCUT2D eigenvalue weighted by Crippen LogP contribution is -2.41. The maximum atomic E-state index is 11.5. The number of hydrogen-bond donors (Lipinski definition) is 1. The molecule has 4 nitrogen and oxygen atoms in total. The van der Waals surface area contributed by atoms with E-state index in [-0.39, 0.29) is 17.2 Å². The summed E-state index contributed by atoms with van der Waals surface area (Å²) < 4.78 is 22.9. The molecule has 1 rings (SSSR count). The molecule has 0 saturated heterocycles. The van der Waals surface area contributed by atoms with Crippen molar-refractivity contribution in [1.29, 1.82) is 0 Å². The lowest BCUT2D eigenvalue weighted by atomic mass is 9.95. The Bertz CT molecular complexity index is 375. The molecule has 2 atom stereocenters. The number of sulfone groups is 1. The molecule has 1 aliphatic carbocycles.